The maximum absolute atomic E-state index is 14.0. The van der Waals surface area contributed by atoms with Crippen LogP contribution in [0.4, 0.5) is 4.39 Å². The molecule has 0 bridgehead atoms. The smallest absolute Gasteiger partial charge is 0.159 e. The number of Topliss-reactive ketones (excluding diaryl/α,β-unsaturated/α-hetero) is 1. The lowest BCUT2D eigenvalue weighted by atomic mass is 9.90. The molecule has 0 N–H and O–H groups in total. The molecule has 0 saturated heterocycles. The molecule has 4 aromatic carbocycles. The zero-order valence-corrected chi connectivity index (χ0v) is 27.8. The Morgan fingerprint density at radius 2 is 1.64 bits per heavy atom. The van der Waals surface area contributed by atoms with E-state index in [1.165, 1.54) is 25.8 Å². The van der Waals surface area contributed by atoms with E-state index in [-0.39, 0.29) is 5.78 Å². The minimum atomic E-state index is -1.09. The molecule has 0 spiro atoms. The summed E-state index contributed by atoms with van der Waals surface area (Å²) in [6.45, 7) is 8.87. The van der Waals surface area contributed by atoms with Crippen LogP contribution in [0.1, 0.15) is 71.5 Å². The quantitative estimate of drug-likeness (QED) is 0.102. The second-order valence-electron chi connectivity index (χ2n) is 11.1. The van der Waals surface area contributed by atoms with Crippen molar-refractivity contribution in [2.24, 2.45) is 0 Å². The lowest BCUT2D eigenvalue weighted by Gasteiger charge is -2.24. The van der Waals surface area contributed by atoms with Crippen molar-refractivity contribution in [3.63, 3.8) is 0 Å². The molecule has 1 aliphatic rings. The van der Waals surface area contributed by atoms with Gasteiger partial charge in [0.2, 0.25) is 0 Å². The number of allylic oxidation sites excluding steroid dienone is 5. The highest BCUT2D eigenvalue weighted by Crippen LogP contribution is 2.50. The van der Waals surface area contributed by atoms with Crippen molar-refractivity contribution in [2.45, 2.75) is 38.3 Å². The van der Waals surface area contributed by atoms with Gasteiger partial charge in [0.25, 0.3) is 0 Å². The van der Waals surface area contributed by atoms with Crippen LogP contribution in [-0.2, 0) is 0 Å². The predicted molar refractivity (Wildman–Crippen MR) is 190 cm³/mol. The van der Waals surface area contributed by atoms with Crippen LogP contribution in [0.25, 0.3) is 22.4 Å². The molecule has 0 aliphatic carbocycles. The predicted octanol–water partition coefficient (Wildman–Crippen LogP) is 11.3. The third-order valence-corrected chi connectivity index (χ3v) is 9.33. The van der Waals surface area contributed by atoms with E-state index in [1.807, 2.05) is 61.5 Å². The molecule has 1 aliphatic heterocycles. The fourth-order valence-electron chi connectivity index (χ4n) is 5.39. The summed E-state index contributed by atoms with van der Waals surface area (Å²) in [4.78, 5) is 12.9. The first-order valence-corrected chi connectivity index (χ1v) is 16.1. The average molecular weight is 656 g/mol. The molecular weight excluding hydrogens is 625 g/mol. The van der Waals surface area contributed by atoms with Gasteiger partial charge in [-0.15, -0.1) is 0 Å². The molecule has 0 fully saturated rings. The summed E-state index contributed by atoms with van der Waals surface area (Å²) in [6, 6.07) is 30.3. The molecule has 0 radical (unpaired) electrons. The number of nitrogens with zero attached hydrogens (tertiary/aromatic N) is 3. The van der Waals surface area contributed by atoms with Crippen molar-refractivity contribution in [1.29, 1.82) is 10.5 Å². The van der Waals surface area contributed by atoms with Gasteiger partial charge in [-0.1, -0.05) is 84.4 Å². The molecule has 7 heteroatoms. The molecule has 0 aromatic heterocycles. The first-order valence-electron chi connectivity index (χ1n) is 14.9. The summed E-state index contributed by atoms with van der Waals surface area (Å²) in [5.41, 5.74) is 8.50. The number of hydrogen-bond donors (Lipinski definition) is 0. The van der Waals surface area contributed by atoms with Crippen LogP contribution in [0.3, 0.4) is 0 Å². The topological polar surface area (TPSA) is 67.9 Å². The largest absolute Gasteiger partial charge is 0.295 e. The van der Waals surface area contributed by atoms with E-state index in [4.69, 9.17) is 11.6 Å². The summed E-state index contributed by atoms with van der Waals surface area (Å²) < 4.78 is 16.2. The lowest BCUT2D eigenvalue weighted by Crippen LogP contribution is -2.09. The van der Waals surface area contributed by atoms with Gasteiger partial charge < -0.3 is 0 Å². The Labute approximate surface area is 284 Å². The molecule has 1 atom stereocenters. The molecular formula is C40H31ClFN3OS. The van der Waals surface area contributed by atoms with Gasteiger partial charge in [-0.2, -0.15) is 10.5 Å². The summed E-state index contributed by atoms with van der Waals surface area (Å²) in [5.74, 6) is -0.0702. The van der Waals surface area contributed by atoms with Crippen LogP contribution in [0.15, 0.2) is 126 Å². The third kappa shape index (κ3) is 7.16. The second-order valence-corrected chi connectivity index (χ2v) is 12.6. The molecule has 4 nitrogen and oxygen atoms in total. The van der Waals surface area contributed by atoms with Gasteiger partial charge in [-0.25, -0.2) is 4.39 Å². The SMILES string of the molecule is C=C/C(C)=C\C=C1/CC(c2c(C#N)cccc2C#N)=C(c2cccc(-c3ccc(C(C)=O)cc3Cl)c2)N1Sc1ccc(C(C)F)cc1. The first-order chi connectivity index (χ1) is 22.6. The van der Waals surface area contributed by atoms with Crippen molar-refractivity contribution in [3.8, 4) is 23.3 Å². The minimum Gasteiger partial charge on any atom is -0.295 e. The number of benzene rings is 4. The number of rotatable bonds is 9. The highest BCUT2D eigenvalue weighted by Gasteiger charge is 2.32. The van der Waals surface area contributed by atoms with Gasteiger partial charge in [0.1, 0.15) is 6.17 Å². The van der Waals surface area contributed by atoms with E-state index >= 15 is 0 Å². The second kappa shape index (κ2) is 14.5. The van der Waals surface area contributed by atoms with Crippen LogP contribution in [-0.4, -0.2) is 10.1 Å². The Kier molecular flexibility index (Phi) is 10.3. The van der Waals surface area contributed by atoms with E-state index in [2.05, 4.69) is 23.0 Å². The third-order valence-electron chi connectivity index (χ3n) is 7.93. The van der Waals surface area contributed by atoms with Crippen molar-refractivity contribution >= 4 is 40.6 Å². The molecule has 0 amide bonds. The Morgan fingerprint density at radius 1 is 0.979 bits per heavy atom. The molecule has 1 heterocycles. The van der Waals surface area contributed by atoms with E-state index in [0.29, 0.717) is 39.3 Å². The van der Waals surface area contributed by atoms with E-state index in [9.17, 15) is 19.7 Å². The van der Waals surface area contributed by atoms with E-state index in [1.54, 1.807) is 48.5 Å². The maximum atomic E-state index is 14.0. The van der Waals surface area contributed by atoms with Crippen molar-refractivity contribution < 1.29 is 9.18 Å². The molecule has 1 unspecified atom stereocenters. The number of ketones is 1. The van der Waals surface area contributed by atoms with Gasteiger partial charge in [-0.3, -0.25) is 9.10 Å². The normalized spacial score (nSPS) is 14.6. The summed E-state index contributed by atoms with van der Waals surface area (Å²) in [5, 5.41) is 20.8. The fourth-order valence-corrected chi connectivity index (χ4v) is 6.70. The van der Waals surface area contributed by atoms with E-state index in [0.717, 1.165) is 44.1 Å². The zero-order valence-electron chi connectivity index (χ0n) is 26.2. The lowest BCUT2D eigenvalue weighted by molar-refractivity contribution is 0.101. The number of halogens is 2. The van der Waals surface area contributed by atoms with Gasteiger partial charge >= 0.3 is 0 Å². The van der Waals surface area contributed by atoms with Gasteiger partial charge in [0.05, 0.1) is 29.0 Å². The molecule has 0 saturated carbocycles. The average Bonchev–Trinajstić information content (AvgIpc) is 3.43. The first kappa shape index (κ1) is 33.2. The maximum Gasteiger partial charge on any atom is 0.159 e. The Hall–Kier alpha value is -5.14. The molecule has 4 aromatic rings. The van der Waals surface area contributed by atoms with Crippen molar-refractivity contribution in [1.82, 2.24) is 4.31 Å². The molecule has 47 heavy (non-hydrogen) atoms. The zero-order chi connectivity index (χ0) is 33.7. The summed E-state index contributed by atoms with van der Waals surface area (Å²) in [7, 11) is 0. The van der Waals surface area contributed by atoms with Crippen molar-refractivity contribution in [3.05, 3.63) is 159 Å². The van der Waals surface area contributed by atoms with Gasteiger partial charge in [-0.05, 0) is 97.5 Å². The minimum absolute atomic E-state index is 0.0702. The number of nitriles is 2. The number of carbonyl (C=O) groups excluding carboxylic acids is 1. The van der Waals surface area contributed by atoms with Crippen LogP contribution < -0.4 is 0 Å². The van der Waals surface area contributed by atoms with Crippen LogP contribution in [0, 0.1) is 22.7 Å². The number of carbonyl (C=O) groups is 1. The Bertz CT molecular complexity index is 2030. The number of hydrogen-bond acceptors (Lipinski definition) is 5. The van der Waals surface area contributed by atoms with Crippen LogP contribution in [0.2, 0.25) is 5.02 Å². The number of alkyl halides is 1. The van der Waals surface area contributed by atoms with Crippen LogP contribution in [0.5, 0.6) is 0 Å². The summed E-state index contributed by atoms with van der Waals surface area (Å²) >= 11 is 8.18. The van der Waals surface area contributed by atoms with E-state index < -0.39 is 6.17 Å². The standard InChI is InChI=1S/C40H31ClFN3OS/c1-5-25(2)12-16-34-22-37(39-32(23-43)10-7-11-33(39)24-44)40(45(34)47-35-17-13-28(14-18-35)26(3)42)31-9-6-8-30(20-31)36-19-15-29(27(4)46)21-38(36)41/h5-21,26H,1,22H2,2-4H3/b25-12-,34-16+. The molecule has 232 valence electrons. The van der Waals surface area contributed by atoms with Gasteiger partial charge in [0, 0.05) is 38.7 Å². The van der Waals surface area contributed by atoms with Gasteiger partial charge in [0.15, 0.2) is 5.78 Å². The molecule has 5 rings (SSSR count). The Morgan fingerprint density at radius 3 is 2.23 bits per heavy atom. The highest BCUT2D eigenvalue weighted by atomic mass is 35.5. The van der Waals surface area contributed by atoms with Crippen LogP contribution >= 0.6 is 23.5 Å². The fraction of sp³-hybridized carbons (Fsp3) is 0.125. The monoisotopic (exact) mass is 655 g/mol. The van der Waals surface area contributed by atoms with Crippen molar-refractivity contribution in [2.75, 3.05) is 0 Å². The highest BCUT2D eigenvalue weighted by molar-refractivity contribution is 7.97. The Balaban J connectivity index is 1.77. The summed E-state index contributed by atoms with van der Waals surface area (Å²) in [6.07, 6.45) is 5.14.